The van der Waals surface area contributed by atoms with E-state index in [1.807, 2.05) is 30.3 Å². The summed E-state index contributed by atoms with van der Waals surface area (Å²) in [5.74, 6) is -0.544. The van der Waals surface area contributed by atoms with Crippen molar-refractivity contribution in [3.8, 4) is 0 Å². The molecule has 0 aliphatic carbocycles. The average Bonchev–Trinajstić information content (AvgIpc) is 2.83. The number of amides is 1. The van der Waals surface area contributed by atoms with Crippen LogP contribution in [-0.2, 0) is 22.4 Å². The van der Waals surface area contributed by atoms with Gasteiger partial charge in [-0.25, -0.2) is 4.79 Å². The maximum atomic E-state index is 13.1. The van der Waals surface area contributed by atoms with Gasteiger partial charge in [0.2, 0.25) is 5.91 Å². The van der Waals surface area contributed by atoms with E-state index in [9.17, 15) is 9.59 Å². The first-order valence-corrected chi connectivity index (χ1v) is 10.7. The Bertz CT molecular complexity index is 996. The topological polar surface area (TPSA) is 93.2 Å². The van der Waals surface area contributed by atoms with E-state index in [-0.39, 0.29) is 5.91 Å². The van der Waals surface area contributed by atoms with Gasteiger partial charge in [-0.1, -0.05) is 12.1 Å². The molecule has 1 aromatic carbocycles. The maximum Gasteiger partial charge on any atom is 0.338 e. The first-order valence-electron chi connectivity index (χ1n) is 10.7. The van der Waals surface area contributed by atoms with Gasteiger partial charge in [0, 0.05) is 37.9 Å². The quantitative estimate of drug-likeness (QED) is 0.453. The van der Waals surface area contributed by atoms with Crippen LogP contribution < -0.4 is 10.6 Å². The number of benzene rings is 1. The van der Waals surface area contributed by atoms with Crippen molar-refractivity contribution in [3.05, 3.63) is 95.6 Å². The third kappa shape index (κ3) is 6.99. The molecule has 1 unspecified atom stereocenters. The molecule has 0 spiro atoms. The average molecular weight is 433 g/mol. The molecule has 3 aromatic rings. The van der Waals surface area contributed by atoms with Crippen molar-refractivity contribution in [2.75, 3.05) is 19.7 Å². The summed E-state index contributed by atoms with van der Waals surface area (Å²) in [7, 11) is 0. The third-order valence-electron chi connectivity index (χ3n) is 4.97. The minimum Gasteiger partial charge on any atom is -0.462 e. The first kappa shape index (κ1) is 23.1. The van der Waals surface area contributed by atoms with Crippen LogP contribution in [0.15, 0.2) is 73.3 Å². The monoisotopic (exact) mass is 432 g/mol. The second-order valence-corrected chi connectivity index (χ2v) is 7.24. The smallest absolute Gasteiger partial charge is 0.338 e. The third-order valence-corrected chi connectivity index (χ3v) is 4.97. The van der Waals surface area contributed by atoms with Gasteiger partial charge in [-0.05, 0) is 72.9 Å². The number of nitrogens with zero attached hydrogens (tertiary/aromatic N) is 2. The number of carbonyl (C=O) groups is 2. The van der Waals surface area contributed by atoms with E-state index in [1.54, 1.807) is 49.9 Å². The summed E-state index contributed by atoms with van der Waals surface area (Å²) < 4.78 is 5.11. The summed E-state index contributed by atoms with van der Waals surface area (Å²) in [4.78, 5) is 33.3. The normalized spacial score (nSPS) is 11.5. The van der Waals surface area contributed by atoms with E-state index in [1.165, 1.54) is 0 Å². The molecule has 0 bridgehead atoms. The number of aromatic nitrogens is 2. The van der Waals surface area contributed by atoms with Crippen molar-refractivity contribution in [1.29, 1.82) is 0 Å². The van der Waals surface area contributed by atoms with Gasteiger partial charge in [-0.3, -0.25) is 14.8 Å². The van der Waals surface area contributed by atoms with E-state index < -0.39 is 12.0 Å². The molecule has 7 heteroatoms. The highest BCUT2D eigenvalue weighted by molar-refractivity contribution is 5.90. The fraction of sp³-hybridized carbons (Fsp3) is 0.280. The fourth-order valence-corrected chi connectivity index (χ4v) is 3.31. The van der Waals surface area contributed by atoms with E-state index in [0.29, 0.717) is 37.2 Å². The molecule has 166 valence electrons. The first-order chi connectivity index (χ1) is 15.7. The summed E-state index contributed by atoms with van der Waals surface area (Å²) >= 11 is 0. The van der Waals surface area contributed by atoms with Crippen molar-refractivity contribution >= 4 is 11.9 Å². The zero-order chi connectivity index (χ0) is 22.6. The lowest BCUT2D eigenvalue weighted by molar-refractivity contribution is -0.123. The van der Waals surface area contributed by atoms with Gasteiger partial charge in [0.25, 0.3) is 0 Å². The van der Waals surface area contributed by atoms with Gasteiger partial charge in [-0.15, -0.1) is 0 Å². The van der Waals surface area contributed by atoms with Crippen molar-refractivity contribution in [2.24, 2.45) is 0 Å². The lowest BCUT2D eigenvalue weighted by Gasteiger charge is -2.20. The Kier molecular flexibility index (Phi) is 8.89. The lowest BCUT2D eigenvalue weighted by atomic mass is 10.0. The van der Waals surface area contributed by atoms with E-state index in [0.717, 1.165) is 17.5 Å². The van der Waals surface area contributed by atoms with Gasteiger partial charge in [0.15, 0.2) is 0 Å². The summed E-state index contributed by atoms with van der Waals surface area (Å²) in [5, 5.41) is 6.34. The molecular formula is C25H28N4O3. The van der Waals surface area contributed by atoms with E-state index >= 15 is 0 Å². The lowest BCUT2D eigenvalue weighted by Crippen LogP contribution is -2.39. The van der Waals surface area contributed by atoms with Gasteiger partial charge < -0.3 is 15.4 Å². The molecule has 0 aliphatic heterocycles. The highest BCUT2D eigenvalue weighted by Crippen LogP contribution is 2.16. The van der Waals surface area contributed by atoms with Crippen molar-refractivity contribution in [3.63, 3.8) is 0 Å². The second-order valence-electron chi connectivity index (χ2n) is 7.24. The number of carbonyl (C=O) groups excluding carboxylic acids is 2. The molecule has 7 nitrogen and oxygen atoms in total. The van der Waals surface area contributed by atoms with Crippen LogP contribution in [0.2, 0.25) is 0 Å². The minimum absolute atomic E-state index is 0.144. The number of hydrogen-bond acceptors (Lipinski definition) is 6. The molecule has 32 heavy (non-hydrogen) atoms. The Morgan fingerprint density at radius 1 is 0.906 bits per heavy atom. The minimum atomic E-state index is -0.594. The van der Waals surface area contributed by atoms with Gasteiger partial charge in [-0.2, -0.15) is 0 Å². The Hall–Kier alpha value is -3.58. The molecular weight excluding hydrogens is 404 g/mol. The highest BCUT2D eigenvalue weighted by atomic mass is 16.5. The standard InChI is InChI=1S/C25H28N4O3/c1-2-32-25(31)22-5-3-4-21(18-22)23(28-16-10-19-6-12-26-13-7-19)24(30)29-17-11-20-8-14-27-15-9-20/h3-9,12-15,18,23,28H,2,10-11,16-17H2,1H3,(H,29,30). The Morgan fingerprint density at radius 2 is 1.53 bits per heavy atom. The van der Waals surface area contributed by atoms with E-state index in [4.69, 9.17) is 4.74 Å². The molecule has 1 atom stereocenters. The molecule has 2 heterocycles. The van der Waals surface area contributed by atoms with Crippen LogP contribution in [0, 0.1) is 0 Å². The zero-order valence-corrected chi connectivity index (χ0v) is 18.2. The number of hydrogen-bond donors (Lipinski definition) is 2. The van der Waals surface area contributed by atoms with Crippen LogP contribution in [0.3, 0.4) is 0 Å². The Balaban J connectivity index is 1.69. The number of pyridine rings is 2. The van der Waals surface area contributed by atoms with Gasteiger partial charge >= 0.3 is 5.97 Å². The molecule has 0 aliphatic rings. The van der Waals surface area contributed by atoms with Crippen LogP contribution >= 0.6 is 0 Å². The Morgan fingerprint density at radius 3 is 2.16 bits per heavy atom. The Labute approximate surface area is 188 Å². The van der Waals surface area contributed by atoms with Crippen molar-refractivity contribution in [1.82, 2.24) is 20.6 Å². The maximum absolute atomic E-state index is 13.1. The van der Waals surface area contributed by atoms with Gasteiger partial charge in [0.1, 0.15) is 6.04 Å². The molecule has 0 fully saturated rings. The summed E-state index contributed by atoms with van der Waals surface area (Å²) in [5.41, 5.74) is 3.37. The van der Waals surface area contributed by atoms with Crippen LogP contribution in [0.1, 0.15) is 40.0 Å². The largest absolute Gasteiger partial charge is 0.462 e. The molecule has 0 saturated carbocycles. The van der Waals surface area contributed by atoms with Crippen LogP contribution in [0.4, 0.5) is 0 Å². The predicted molar refractivity (Wildman–Crippen MR) is 122 cm³/mol. The van der Waals surface area contributed by atoms with Crippen LogP contribution in [-0.4, -0.2) is 41.5 Å². The summed E-state index contributed by atoms with van der Waals surface area (Å²) in [6.45, 7) is 3.16. The second kappa shape index (κ2) is 12.3. The predicted octanol–water partition coefficient (Wildman–Crippen LogP) is 2.89. The van der Waals surface area contributed by atoms with Crippen LogP contribution in [0.5, 0.6) is 0 Å². The number of rotatable bonds is 11. The highest BCUT2D eigenvalue weighted by Gasteiger charge is 2.21. The van der Waals surface area contributed by atoms with Crippen molar-refractivity contribution < 1.29 is 14.3 Å². The van der Waals surface area contributed by atoms with Crippen molar-refractivity contribution in [2.45, 2.75) is 25.8 Å². The van der Waals surface area contributed by atoms with Crippen LogP contribution in [0.25, 0.3) is 0 Å². The summed E-state index contributed by atoms with van der Waals surface area (Å²) in [6, 6.07) is 14.2. The number of nitrogens with one attached hydrogen (secondary N) is 2. The molecule has 0 saturated heterocycles. The number of ether oxygens (including phenoxy) is 1. The molecule has 0 radical (unpaired) electrons. The fourth-order valence-electron chi connectivity index (χ4n) is 3.31. The summed E-state index contributed by atoms with van der Waals surface area (Å²) in [6.07, 6.45) is 8.44. The number of esters is 1. The molecule has 2 N–H and O–H groups in total. The molecule has 3 rings (SSSR count). The molecule has 2 aromatic heterocycles. The SMILES string of the molecule is CCOC(=O)c1cccc(C(NCCc2ccncc2)C(=O)NCCc2ccncc2)c1. The van der Waals surface area contributed by atoms with E-state index in [2.05, 4.69) is 20.6 Å². The zero-order valence-electron chi connectivity index (χ0n) is 18.2. The van der Waals surface area contributed by atoms with Gasteiger partial charge in [0.05, 0.1) is 12.2 Å². The molecule has 1 amide bonds.